The molecule has 0 aliphatic rings. The van der Waals surface area contributed by atoms with E-state index in [1.54, 1.807) is 0 Å². The van der Waals surface area contributed by atoms with E-state index in [9.17, 15) is 20.4 Å². The molecule has 5 heteroatoms. The van der Waals surface area contributed by atoms with Crippen LogP contribution < -0.4 is 0 Å². The molecule has 3 rings (SSSR count). The summed E-state index contributed by atoms with van der Waals surface area (Å²) in [6.45, 7) is 0. The van der Waals surface area contributed by atoms with E-state index in [-0.39, 0.29) is 23.0 Å². The molecule has 3 aromatic rings. The molecule has 0 saturated carbocycles. The highest BCUT2D eigenvalue weighted by molar-refractivity contribution is 6.15. The maximum absolute atomic E-state index is 9.78. The van der Waals surface area contributed by atoms with Gasteiger partial charge in [0.2, 0.25) is 0 Å². The van der Waals surface area contributed by atoms with Crippen molar-refractivity contribution in [3.63, 3.8) is 0 Å². The molecule has 0 aliphatic carbocycles. The van der Waals surface area contributed by atoms with E-state index in [0.29, 0.717) is 21.8 Å². The minimum absolute atomic E-state index is 0.0344. The maximum atomic E-state index is 9.78. The van der Waals surface area contributed by atoms with Crippen molar-refractivity contribution in [2.75, 3.05) is 0 Å². The molecule has 0 unspecified atom stereocenters. The molecule has 5 N–H and O–H groups in total. The average molecular weight is 231 g/mol. The van der Waals surface area contributed by atoms with E-state index in [1.807, 2.05) is 0 Å². The second kappa shape index (κ2) is 2.98. The Hall–Kier alpha value is -2.56. The highest BCUT2D eigenvalue weighted by Crippen LogP contribution is 2.42. The van der Waals surface area contributed by atoms with Gasteiger partial charge in [-0.05, 0) is 12.1 Å². The lowest BCUT2D eigenvalue weighted by molar-refractivity contribution is 0.454. The van der Waals surface area contributed by atoms with Crippen LogP contribution in [0.4, 0.5) is 0 Å². The second-order valence-electron chi connectivity index (χ2n) is 3.87. The Bertz CT molecular complexity index is 745. The molecule has 5 nitrogen and oxygen atoms in total. The first-order valence-electron chi connectivity index (χ1n) is 4.96. The first-order chi connectivity index (χ1) is 8.08. The molecule has 0 saturated heterocycles. The zero-order chi connectivity index (χ0) is 12.2. The number of hydrogen-bond donors (Lipinski definition) is 5. The van der Waals surface area contributed by atoms with Gasteiger partial charge in [0.15, 0.2) is 0 Å². The molecule has 1 aromatic heterocycles. The van der Waals surface area contributed by atoms with E-state index < -0.39 is 0 Å². The van der Waals surface area contributed by atoms with Crippen LogP contribution in [0.25, 0.3) is 21.8 Å². The Balaban J connectivity index is 2.65. The maximum Gasteiger partial charge on any atom is 0.139 e. The Labute approximate surface area is 95.2 Å². The quantitative estimate of drug-likeness (QED) is 0.383. The number of aromatic hydroxyl groups is 4. The summed E-state index contributed by atoms with van der Waals surface area (Å²) in [5, 5.41) is 39.3. The fourth-order valence-electron chi connectivity index (χ4n) is 2.07. The SMILES string of the molecule is Oc1cc(O)c2c(c1)[nH]c1c(O)ccc(O)c12. The Kier molecular flexibility index (Phi) is 1.69. The molecule has 0 radical (unpaired) electrons. The summed E-state index contributed by atoms with van der Waals surface area (Å²) in [6, 6.07) is 5.29. The van der Waals surface area contributed by atoms with Gasteiger partial charge in [-0.15, -0.1) is 0 Å². The van der Waals surface area contributed by atoms with Crippen molar-refractivity contribution in [1.29, 1.82) is 0 Å². The smallest absolute Gasteiger partial charge is 0.139 e. The van der Waals surface area contributed by atoms with Crippen molar-refractivity contribution < 1.29 is 20.4 Å². The number of rotatable bonds is 0. The van der Waals surface area contributed by atoms with Crippen molar-refractivity contribution in [3.8, 4) is 23.0 Å². The first-order valence-corrected chi connectivity index (χ1v) is 4.96. The van der Waals surface area contributed by atoms with Crippen molar-refractivity contribution >= 4 is 21.8 Å². The van der Waals surface area contributed by atoms with Gasteiger partial charge in [0.05, 0.1) is 21.8 Å². The van der Waals surface area contributed by atoms with Crippen LogP contribution in [-0.2, 0) is 0 Å². The molecule has 0 atom stereocenters. The molecule has 1 heterocycles. The molecule has 0 fully saturated rings. The summed E-state index contributed by atoms with van der Waals surface area (Å²) in [5.41, 5.74) is 0.759. The van der Waals surface area contributed by atoms with Crippen LogP contribution in [0.15, 0.2) is 24.3 Å². The minimum Gasteiger partial charge on any atom is -0.508 e. The number of fused-ring (bicyclic) bond motifs is 3. The van der Waals surface area contributed by atoms with Crippen molar-refractivity contribution in [2.45, 2.75) is 0 Å². The van der Waals surface area contributed by atoms with Crippen LogP contribution in [0.2, 0.25) is 0 Å². The van der Waals surface area contributed by atoms with Gasteiger partial charge in [-0.3, -0.25) is 0 Å². The van der Waals surface area contributed by atoms with Crippen LogP contribution >= 0.6 is 0 Å². The van der Waals surface area contributed by atoms with E-state index in [2.05, 4.69) is 4.98 Å². The van der Waals surface area contributed by atoms with Gasteiger partial charge in [-0.2, -0.15) is 0 Å². The van der Waals surface area contributed by atoms with Gasteiger partial charge in [0.1, 0.15) is 23.0 Å². The number of H-pyrrole nitrogens is 1. The van der Waals surface area contributed by atoms with Crippen LogP contribution in [0.5, 0.6) is 23.0 Å². The third-order valence-corrected chi connectivity index (χ3v) is 2.77. The molecule has 0 spiro atoms. The zero-order valence-corrected chi connectivity index (χ0v) is 8.60. The topological polar surface area (TPSA) is 96.7 Å². The number of hydrogen-bond acceptors (Lipinski definition) is 4. The molecule has 2 aromatic carbocycles. The largest absolute Gasteiger partial charge is 0.508 e. The number of aromatic nitrogens is 1. The Morgan fingerprint density at radius 2 is 1.47 bits per heavy atom. The third-order valence-electron chi connectivity index (χ3n) is 2.77. The highest BCUT2D eigenvalue weighted by atomic mass is 16.3. The van der Waals surface area contributed by atoms with Gasteiger partial charge in [-0.25, -0.2) is 0 Å². The molecule has 0 amide bonds. The summed E-state index contributed by atoms with van der Waals surface area (Å²) in [6.07, 6.45) is 0. The van der Waals surface area contributed by atoms with Crippen LogP contribution in [0, 0.1) is 0 Å². The molecule has 17 heavy (non-hydrogen) atoms. The van der Waals surface area contributed by atoms with E-state index >= 15 is 0 Å². The van der Waals surface area contributed by atoms with E-state index in [4.69, 9.17) is 0 Å². The zero-order valence-electron chi connectivity index (χ0n) is 8.60. The summed E-state index contributed by atoms with van der Waals surface area (Å²) in [7, 11) is 0. The molecule has 0 aliphatic heterocycles. The van der Waals surface area contributed by atoms with Crippen molar-refractivity contribution in [3.05, 3.63) is 24.3 Å². The number of aromatic amines is 1. The normalized spacial score (nSPS) is 11.3. The number of nitrogens with one attached hydrogen (secondary N) is 1. The van der Waals surface area contributed by atoms with Gasteiger partial charge in [0.25, 0.3) is 0 Å². The molecule has 0 bridgehead atoms. The fourth-order valence-corrected chi connectivity index (χ4v) is 2.07. The number of benzene rings is 2. The van der Waals surface area contributed by atoms with E-state index in [1.165, 1.54) is 24.3 Å². The minimum atomic E-state index is -0.160. The van der Waals surface area contributed by atoms with Gasteiger partial charge in [-0.1, -0.05) is 0 Å². The summed E-state index contributed by atoms with van der Waals surface area (Å²) < 4.78 is 0. The summed E-state index contributed by atoms with van der Waals surface area (Å²) in [5.74, 6) is -0.342. The lowest BCUT2D eigenvalue weighted by atomic mass is 10.1. The number of phenols is 4. The Morgan fingerprint density at radius 3 is 2.24 bits per heavy atom. The summed E-state index contributed by atoms with van der Waals surface area (Å²) in [4.78, 5) is 2.84. The van der Waals surface area contributed by atoms with E-state index in [0.717, 1.165) is 0 Å². The van der Waals surface area contributed by atoms with Gasteiger partial charge < -0.3 is 25.4 Å². The predicted molar refractivity (Wildman–Crippen MR) is 62.5 cm³/mol. The van der Waals surface area contributed by atoms with Crippen molar-refractivity contribution in [1.82, 2.24) is 4.98 Å². The summed E-state index contributed by atoms with van der Waals surface area (Å²) >= 11 is 0. The Morgan fingerprint density at radius 1 is 0.765 bits per heavy atom. The van der Waals surface area contributed by atoms with Crippen LogP contribution in [0.3, 0.4) is 0 Å². The predicted octanol–water partition coefficient (Wildman–Crippen LogP) is 2.14. The van der Waals surface area contributed by atoms with Gasteiger partial charge in [0, 0.05) is 12.1 Å². The van der Waals surface area contributed by atoms with Gasteiger partial charge >= 0.3 is 0 Å². The standard InChI is InChI=1S/C12H9NO4/c14-5-3-6-10(9(17)4-5)11-7(15)1-2-8(16)12(11)13-6/h1-4,13-17H. The highest BCUT2D eigenvalue weighted by Gasteiger charge is 2.15. The van der Waals surface area contributed by atoms with Crippen LogP contribution in [0.1, 0.15) is 0 Å². The second-order valence-corrected chi connectivity index (χ2v) is 3.87. The van der Waals surface area contributed by atoms with Crippen LogP contribution in [-0.4, -0.2) is 25.4 Å². The third kappa shape index (κ3) is 1.19. The molecular formula is C12H9NO4. The molecular weight excluding hydrogens is 222 g/mol. The lowest BCUT2D eigenvalue weighted by Gasteiger charge is -2.00. The molecule has 86 valence electrons. The monoisotopic (exact) mass is 231 g/mol. The average Bonchev–Trinajstić information content (AvgIpc) is 2.64. The fraction of sp³-hybridized carbons (Fsp3) is 0. The number of phenolic OH excluding ortho intramolecular Hbond substituents is 4. The lowest BCUT2D eigenvalue weighted by Crippen LogP contribution is -1.72. The first kappa shape index (κ1) is 9.65. The van der Waals surface area contributed by atoms with Crippen molar-refractivity contribution in [2.24, 2.45) is 0 Å².